The Bertz CT molecular complexity index is 657. The highest BCUT2D eigenvalue weighted by molar-refractivity contribution is 5.77. The molecule has 0 atom stereocenters. The quantitative estimate of drug-likeness (QED) is 0.788. The first-order valence-electron chi connectivity index (χ1n) is 8.11. The van der Waals surface area contributed by atoms with Gasteiger partial charge in [-0.1, -0.05) is 25.9 Å². The largest absolute Gasteiger partial charge is 0.497 e. The Morgan fingerprint density at radius 3 is 2.58 bits per heavy atom. The number of ether oxygens (including phenoxy) is 1. The number of aromatic nitrogens is 2. The van der Waals surface area contributed by atoms with Crippen LogP contribution in [-0.4, -0.2) is 29.7 Å². The number of amides is 1. The van der Waals surface area contributed by atoms with E-state index in [9.17, 15) is 4.79 Å². The Kier molecular flexibility index (Phi) is 5.95. The van der Waals surface area contributed by atoms with E-state index in [4.69, 9.17) is 9.26 Å². The molecule has 6 heteroatoms. The van der Waals surface area contributed by atoms with Gasteiger partial charge in [0, 0.05) is 12.1 Å². The smallest absolute Gasteiger partial charge is 0.236 e. The van der Waals surface area contributed by atoms with Crippen LogP contribution in [0, 0.1) is 5.41 Å². The van der Waals surface area contributed by atoms with E-state index in [-0.39, 0.29) is 17.7 Å². The van der Waals surface area contributed by atoms with Crippen LogP contribution in [0.2, 0.25) is 0 Å². The Hall–Kier alpha value is -2.37. The van der Waals surface area contributed by atoms with Gasteiger partial charge in [0.1, 0.15) is 12.2 Å². The number of hydrogen-bond donors (Lipinski definition) is 1. The monoisotopic (exact) mass is 331 g/mol. The molecule has 0 aliphatic rings. The number of methoxy groups -OCH3 is 1. The topological polar surface area (TPSA) is 77.2 Å². The second-order valence-corrected chi connectivity index (χ2v) is 6.93. The maximum Gasteiger partial charge on any atom is 0.236 e. The number of benzene rings is 1. The van der Waals surface area contributed by atoms with E-state index in [1.165, 1.54) is 0 Å². The molecule has 130 valence electrons. The van der Waals surface area contributed by atoms with E-state index < -0.39 is 0 Å². The van der Waals surface area contributed by atoms with Gasteiger partial charge in [-0.2, -0.15) is 4.98 Å². The van der Waals surface area contributed by atoms with Gasteiger partial charge in [0.2, 0.25) is 17.6 Å². The van der Waals surface area contributed by atoms with Crippen LogP contribution in [0.1, 0.15) is 39.5 Å². The highest BCUT2D eigenvalue weighted by Gasteiger charge is 2.13. The maximum atomic E-state index is 11.9. The lowest BCUT2D eigenvalue weighted by Crippen LogP contribution is -2.26. The summed E-state index contributed by atoms with van der Waals surface area (Å²) in [6.45, 7) is 7.23. The van der Waals surface area contributed by atoms with E-state index in [0.717, 1.165) is 24.2 Å². The van der Waals surface area contributed by atoms with Gasteiger partial charge in [0.25, 0.3) is 0 Å². The molecule has 1 amide bonds. The van der Waals surface area contributed by atoms with Crippen molar-refractivity contribution in [3.05, 3.63) is 30.2 Å². The van der Waals surface area contributed by atoms with Crippen molar-refractivity contribution in [1.82, 2.24) is 15.5 Å². The van der Waals surface area contributed by atoms with Gasteiger partial charge in [-0.25, -0.2) is 0 Å². The van der Waals surface area contributed by atoms with E-state index in [2.05, 4.69) is 36.2 Å². The molecule has 0 fully saturated rings. The van der Waals surface area contributed by atoms with E-state index >= 15 is 0 Å². The van der Waals surface area contributed by atoms with Crippen LogP contribution in [0.3, 0.4) is 0 Å². The zero-order chi connectivity index (χ0) is 17.6. The molecule has 0 unspecified atom stereocenters. The van der Waals surface area contributed by atoms with Gasteiger partial charge in [0.15, 0.2) is 0 Å². The average Bonchev–Trinajstić information content (AvgIpc) is 2.99. The highest BCUT2D eigenvalue weighted by Crippen LogP contribution is 2.20. The zero-order valence-electron chi connectivity index (χ0n) is 14.8. The third-order valence-corrected chi connectivity index (χ3v) is 3.55. The first-order chi connectivity index (χ1) is 11.4. The Morgan fingerprint density at radius 1 is 1.25 bits per heavy atom. The lowest BCUT2D eigenvalue weighted by molar-refractivity contribution is -0.120. The van der Waals surface area contributed by atoms with Gasteiger partial charge in [0.05, 0.1) is 7.11 Å². The number of rotatable bonds is 7. The van der Waals surface area contributed by atoms with Crippen molar-refractivity contribution in [3.63, 3.8) is 0 Å². The second kappa shape index (κ2) is 7.95. The molecule has 0 saturated heterocycles. The van der Waals surface area contributed by atoms with Crippen molar-refractivity contribution in [2.75, 3.05) is 13.7 Å². The highest BCUT2D eigenvalue weighted by atomic mass is 16.5. The number of nitrogens with zero attached hydrogens (tertiary/aromatic N) is 2. The molecule has 1 heterocycles. The van der Waals surface area contributed by atoms with Crippen molar-refractivity contribution < 1.29 is 14.1 Å². The van der Waals surface area contributed by atoms with Crippen LogP contribution >= 0.6 is 0 Å². The molecule has 0 spiro atoms. The van der Waals surface area contributed by atoms with Gasteiger partial charge in [-0.3, -0.25) is 4.79 Å². The molecule has 24 heavy (non-hydrogen) atoms. The van der Waals surface area contributed by atoms with Crippen LogP contribution in [0.4, 0.5) is 0 Å². The van der Waals surface area contributed by atoms with Crippen LogP contribution < -0.4 is 10.1 Å². The molecule has 0 bridgehead atoms. The summed E-state index contributed by atoms with van der Waals surface area (Å²) in [5.74, 6) is 1.44. The van der Waals surface area contributed by atoms with Gasteiger partial charge in [-0.05, 0) is 42.5 Å². The molecule has 6 nitrogen and oxygen atoms in total. The fourth-order valence-corrected chi connectivity index (χ4v) is 2.23. The fraction of sp³-hybridized carbons (Fsp3) is 0.500. The van der Waals surface area contributed by atoms with E-state index in [1.807, 2.05) is 24.3 Å². The molecule has 2 rings (SSSR count). The van der Waals surface area contributed by atoms with Crippen molar-refractivity contribution in [2.45, 2.75) is 40.0 Å². The van der Waals surface area contributed by atoms with Crippen LogP contribution in [0.25, 0.3) is 11.4 Å². The normalized spacial score (nSPS) is 11.3. The molecule has 0 aliphatic heterocycles. The third kappa shape index (κ3) is 5.68. The van der Waals surface area contributed by atoms with Crippen LogP contribution in [0.5, 0.6) is 5.75 Å². The minimum absolute atomic E-state index is 0.0959. The van der Waals surface area contributed by atoms with Crippen molar-refractivity contribution in [1.29, 1.82) is 0 Å². The Labute approximate surface area is 142 Å². The van der Waals surface area contributed by atoms with E-state index in [0.29, 0.717) is 18.3 Å². The van der Waals surface area contributed by atoms with Gasteiger partial charge in [-0.15, -0.1) is 0 Å². The lowest BCUT2D eigenvalue weighted by Gasteiger charge is -2.17. The predicted molar refractivity (Wildman–Crippen MR) is 91.7 cm³/mol. The Balaban J connectivity index is 1.83. The standard InChI is InChI=1S/C18H25N3O3/c1-18(2,3)10-5-11-19-15(22)12-16-20-17(21-24-16)13-6-8-14(23-4)9-7-13/h6-9H,5,10-12H2,1-4H3,(H,19,22). The average molecular weight is 331 g/mol. The van der Waals surface area contributed by atoms with Gasteiger partial charge < -0.3 is 14.6 Å². The summed E-state index contributed by atoms with van der Waals surface area (Å²) in [6.07, 6.45) is 2.12. The molecule has 1 N–H and O–H groups in total. The fourth-order valence-electron chi connectivity index (χ4n) is 2.23. The molecule has 0 aliphatic carbocycles. The van der Waals surface area contributed by atoms with Crippen LogP contribution in [-0.2, 0) is 11.2 Å². The van der Waals surface area contributed by atoms with Crippen molar-refractivity contribution in [2.24, 2.45) is 5.41 Å². The van der Waals surface area contributed by atoms with Crippen molar-refractivity contribution in [3.8, 4) is 17.1 Å². The summed E-state index contributed by atoms with van der Waals surface area (Å²) >= 11 is 0. The zero-order valence-corrected chi connectivity index (χ0v) is 14.8. The lowest BCUT2D eigenvalue weighted by atomic mass is 9.91. The van der Waals surface area contributed by atoms with Gasteiger partial charge >= 0.3 is 0 Å². The minimum Gasteiger partial charge on any atom is -0.497 e. The molecule has 1 aromatic heterocycles. The summed E-state index contributed by atoms with van der Waals surface area (Å²) in [6, 6.07) is 7.35. The molecule has 1 aromatic carbocycles. The third-order valence-electron chi connectivity index (χ3n) is 3.55. The summed E-state index contributed by atoms with van der Waals surface area (Å²) in [4.78, 5) is 16.2. The molecule has 2 aromatic rings. The minimum atomic E-state index is -0.103. The second-order valence-electron chi connectivity index (χ2n) is 6.93. The number of carbonyl (C=O) groups is 1. The maximum absolute atomic E-state index is 11.9. The number of carbonyl (C=O) groups excluding carboxylic acids is 1. The predicted octanol–water partition coefficient (Wildman–Crippen LogP) is 3.23. The summed E-state index contributed by atoms with van der Waals surface area (Å²) in [7, 11) is 1.61. The van der Waals surface area contributed by atoms with Crippen molar-refractivity contribution >= 4 is 5.91 Å². The molecule has 0 radical (unpaired) electrons. The summed E-state index contributed by atoms with van der Waals surface area (Å²) in [5, 5.41) is 6.80. The van der Waals surface area contributed by atoms with Crippen LogP contribution in [0.15, 0.2) is 28.8 Å². The summed E-state index contributed by atoms with van der Waals surface area (Å²) in [5.41, 5.74) is 1.10. The number of hydrogen-bond acceptors (Lipinski definition) is 5. The molecule has 0 saturated carbocycles. The SMILES string of the molecule is COc1ccc(-c2noc(CC(=O)NCCCC(C)(C)C)n2)cc1. The van der Waals surface area contributed by atoms with E-state index in [1.54, 1.807) is 7.11 Å². The number of nitrogens with one attached hydrogen (secondary N) is 1. The Morgan fingerprint density at radius 2 is 1.96 bits per heavy atom. The first-order valence-corrected chi connectivity index (χ1v) is 8.11. The summed E-state index contributed by atoms with van der Waals surface area (Å²) < 4.78 is 10.3. The molecular weight excluding hydrogens is 306 g/mol. The molecular formula is C18H25N3O3. The first kappa shape index (κ1) is 18.0.